The van der Waals surface area contributed by atoms with E-state index in [-0.39, 0.29) is 17.4 Å². The molecule has 1 aromatic rings. The second-order valence-corrected chi connectivity index (χ2v) is 8.21. The first-order valence-electron chi connectivity index (χ1n) is 9.14. The zero-order valence-electron chi connectivity index (χ0n) is 15.6. The second kappa shape index (κ2) is 6.96. The lowest BCUT2D eigenvalue weighted by Crippen LogP contribution is -2.54. The molecule has 1 aromatic carbocycles. The summed E-state index contributed by atoms with van der Waals surface area (Å²) in [6.07, 6.45) is 4.24. The lowest BCUT2D eigenvalue weighted by atomic mass is 9.76. The Balaban J connectivity index is 1.55. The number of nitrogens with zero attached hydrogens (tertiary/aromatic N) is 1. The van der Waals surface area contributed by atoms with Crippen LogP contribution in [0.5, 0.6) is 5.75 Å². The zero-order chi connectivity index (χ0) is 18.1. The summed E-state index contributed by atoms with van der Waals surface area (Å²) in [4.78, 5) is 14.3. The average molecular weight is 346 g/mol. The summed E-state index contributed by atoms with van der Waals surface area (Å²) in [6.45, 7) is 5.93. The Morgan fingerprint density at radius 1 is 1.40 bits per heavy atom. The van der Waals surface area contributed by atoms with E-state index >= 15 is 0 Å². The number of nitrogens with two attached hydrogens (primary N) is 1. The highest BCUT2D eigenvalue weighted by atomic mass is 16.5. The Morgan fingerprint density at radius 2 is 2.12 bits per heavy atom. The van der Waals surface area contributed by atoms with E-state index in [4.69, 9.17) is 15.2 Å². The van der Waals surface area contributed by atoms with Gasteiger partial charge in [-0.25, -0.2) is 0 Å². The van der Waals surface area contributed by atoms with Crippen LogP contribution in [-0.4, -0.2) is 49.3 Å². The fraction of sp³-hybridized carbons (Fsp3) is 0.650. The second-order valence-electron chi connectivity index (χ2n) is 8.21. The number of likely N-dealkylation sites (tertiary alicyclic amines) is 1. The molecule has 2 saturated heterocycles. The first kappa shape index (κ1) is 18.2. The quantitative estimate of drug-likeness (QED) is 0.909. The van der Waals surface area contributed by atoms with Gasteiger partial charge in [-0.3, -0.25) is 4.79 Å². The van der Waals surface area contributed by atoms with Crippen molar-refractivity contribution in [2.75, 3.05) is 26.8 Å². The van der Waals surface area contributed by atoms with Crippen LogP contribution in [0, 0.1) is 5.41 Å². The van der Waals surface area contributed by atoms with Crippen LogP contribution in [0.4, 0.5) is 0 Å². The molecule has 5 heteroatoms. The van der Waals surface area contributed by atoms with Gasteiger partial charge in [0.05, 0.1) is 25.4 Å². The molecule has 1 amide bonds. The van der Waals surface area contributed by atoms with E-state index in [1.54, 1.807) is 21.0 Å². The molecule has 0 aromatic heterocycles. The summed E-state index contributed by atoms with van der Waals surface area (Å²) < 4.78 is 11.4. The van der Waals surface area contributed by atoms with E-state index in [2.05, 4.69) is 12.1 Å². The van der Waals surface area contributed by atoms with Crippen LogP contribution >= 0.6 is 0 Å². The van der Waals surface area contributed by atoms with Crippen LogP contribution < -0.4 is 10.5 Å². The van der Waals surface area contributed by atoms with E-state index in [0.29, 0.717) is 0 Å². The molecule has 2 aliphatic rings. The molecule has 2 aliphatic heterocycles. The number of carbonyl (C=O) groups excluding carboxylic acids is 1. The van der Waals surface area contributed by atoms with Crippen molar-refractivity contribution in [3.05, 3.63) is 29.8 Å². The molecule has 1 spiro atoms. The summed E-state index contributed by atoms with van der Waals surface area (Å²) in [5, 5.41) is 0. The van der Waals surface area contributed by atoms with Crippen molar-refractivity contribution in [2.45, 2.75) is 51.2 Å². The molecule has 2 N–H and O–H groups in total. The molecule has 138 valence electrons. The third-order valence-electron chi connectivity index (χ3n) is 5.55. The van der Waals surface area contributed by atoms with Crippen molar-refractivity contribution in [3.63, 3.8) is 0 Å². The van der Waals surface area contributed by atoms with E-state index in [1.807, 2.05) is 17.0 Å². The van der Waals surface area contributed by atoms with Crippen molar-refractivity contribution < 1.29 is 14.3 Å². The standard InChI is InChI=1S/C20H30N2O3/c1-19(2,21)18(23)22-9-7-20(8-10-22)13-17(25-14-20)12-15-5-4-6-16(11-15)24-3/h4-6,11,17H,7-10,12-14,21H2,1-3H3/t17-/m1/s1. The highest BCUT2D eigenvalue weighted by molar-refractivity contribution is 5.85. The number of hydrogen-bond acceptors (Lipinski definition) is 4. The Bertz CT molecular complexity index is 616. The number of carbonyl (C=O) groups is 1. The molecule has 0 radical (unpaired) electrons. The first-order valence-corrected chi connectivity index (χ1v) is 9.14. The zero-order valence-corrected chi connectivity index (χ0v) is 15.6. The molecular weight excluding hydrogens is 316 g/mol. The number of hydrogen-bond donors (Lipinski definition) is 1. The average Bonchev–Trinajstić information content (AvgIpc) is 2.96. The van der Waals surface area contributed by atoms with E-state index in [0.717, 1.165) is 51.1 Å². The molecule has 0 unspecified atom stereocenters. The summed E-state index contributed by atoms with van der Waals surface area (Å²) in [5.74, 6) is 0.940. The molecule has 0 saturated carbocycles. The molecule has 2 fully saturated rings. The maximum Gasteiger partial charge on any atom is 0.242 e. The lowest BCUT2D eigenvalue weighted by molar-refractivity contribution is -0.138. The highest BCUT2D eigenvalue weighted by Gasteiger charge is 2.44. The number of piperidine rings is 1. The number of ether oxygens (including phenoxy) is 2. The van der Waals surface area contributed by atoms with Gasteiger partial charge in [0, 0.05) is 13.1 Å². The molecule has 25 heavy (non-hydrogen) atoms. The van der Waals surface area contributed by atoms with Gasteiger partial charge in [0.1, 0.15) is 5.75 Å². The smallest absolute Gasteiger partial charge is 0.242 e. The van der Waals surface area contributed by atoms with Crippen LogP contribution in [0.3, 0.4) is 0 Å². The Kier molecular flexibility index (Phi) is 5.07. The topological polar surface area (TPSA) is 64.8 Å². The summed E-state index contributed by atoms with van der Waals surface area (Å²) in [6, 6.07) is 8.20. The molecule has 0 aliphatic carbocycles. The summed E-state index contributed by atoms with van der Waals surface area (Å²) >= 11 is 0. The van der Waals surface area contributed by atoms with Crippen molar-refractivity contribution in [1.29, 1.82) is 0 Å². The van der Waals surface area contributed by atoms with Crippen molar-refractivity contribution >= 4 is 5.91 Å². The molecule has 0 bridgehead atoms. The molecular formula is C20H30N2O3. The number of rotatable bonds is 4. The molecule has 2 heterocycles. The van der Waals surface area contributed by atoms with Gasteiger partial charge in [0.15, 0.2) is 0 Å². The maximum absolute atomic E-state index is 12.3. The van der Waals surface area contributed by atoms with Gasteiger partial charge >= 0.3 is 0 Å². The largest absolute Gasteiger partial charge is 0.497 e. The minimum absolute atomic E-state index is 0.0502. The van der Waals surface area contributed by atoms with Gasteiger partial charge in [0.2, 0.25) is 5.91 Å². The Labute approximate surface area is 150 Å². The van der Waals surface area contributed by atoms with Crippen molar-refractivity contribution in [1.82, 2.24) is 4.90 Å². The van der Waals surface area contributed by atoms with Crippen LogP contribution in [0.25, 0.3) is 0 Å². The van der Waals surface area contributed by atoms with Crippen LogP contribution in [0.1, 0.15) is 38.7 Å². The van der Waals surface area contributed by atoms with Gasteiger partial charge in [-0.2, -0.15) is 0 Å². The number of methoxy groups -OCH3 is 1. The molecule has 1 atom stereocenters. The fourth-order valence-corrected chi connectivity index (χ4v) is 4.03. The van der Waals surface area contributed by atoms with E-state index in [9.17, 15) is 4.79 Å². The summed E-state index contributed by atoms with van der Waals surface area (Å²) in [5.41, 5.74) is 6.64. The third kappa shape index (κ3) is 4.15. The van der Waals surface area contributed by atoms with Gasteiger partial charge < -0.3 is 20.1 Å². The predicted octanol–water partition coefficient (Wildman–Crippen LogP) is 2.37. The van der Waals surface area contributed by atoms with Gasteiger partial charge in [0.25, 0.3) is 0 Å². The number of benzene rings is 1. The van der Waals surface area contributed by atoms with E-state index < -0.39 is 5.54 Å². The summed E-state index contributed by atoms with van der Waals surface area (Å²) in [7, 11) is 1.69. The monoisotopic (exact) mass is 346 g/mol. The minimum atomic E-state index is -0.786. The SMILES string of the molecule is COc1cccc(C[C@@H]2CC3(CCN(C(=O)C(C)(C)N)CC3)CO2)c1. The Morgan fingerprint density at radius 3 is 2.76 bits per heavy atom. The van der Waals surface area contributed by atoms with Crippen LogP contribution in [0.2, 0.25) is 0 Å². The van der Waals surface area contributed by atoms with Crippen molar-refractivity contribution in [2.24, 2.45) is 11.1 Å². The van der Waals surface area contributed by atoms with Crippen LogP contribution in [0.15, 0.2) is 24.3 Å². The first-order chi connectivity index (χ1) is 11.8. The molecule has 3 rings (SSSR count). The Hall–Kier alpha value is -1.59. The van der Waals surface area contributed by atoms with Gasteiger partial charge in [-0.15, -0.1) is 0 Å². The highest BCUT2D eigenvalue weighted by Crippen LogP contribution is 2.43. The van der Waals surface area contributed by atoms with Gasteiger partial charge in [-0.1, -0.05) is 12.1 Å². The van der Waals surface area contributed by atoms with Crippen molar-refractivity contribution in [3.8, 4) is 5.75 Å². The normalized spacial score (nSPS) is 23.0. The third-order valence-corrected chi connectivity index (χ3v) is 5.55. The van der Waals surface area contributed by atoms with Crippen LogP contribution in [-0.2, 0) is 16.0 Å². The fourth-order valence-electron chi connectivity index (χ4n) is 4.03. The minimum Gasteiger partial charge on any atom is -0.497 e. The predicted molar refractivity (Wildman–Crippen MR) is 97.6 cm³/mol. The number of amides is 1. The lowest BCUT2D eigenvalue weighted by Gasteiger charge is -2.40. The van der Waals surface area contributed by atoms with E-state index in [1.165, 1.54) is 5.56 Å². The van der Waals surface area contributed by atoms with Gasteiger partial charge in [-0.05, 0) is 62.6 Å². The maximum atomic E-state index is 12.3. The molecule has 5 nitrogen and oxygen atoms in total.